The normalized spacial score (nSPS) is 21.4. The highest BCUT2D eigenvalue weighted by Gasteiger charge is 2.33. The Balaban J connectivity index is 1.41. The molecular weight excluding hydrogens is 368 g/mol. The quantitative estimate of drug-likeness (QED) is 0.715. The van der Waals surface area contributed by atoms with Gasteiger partial charge in [-0.3, -0.25) is 0 Å². The Morgan fingerprint density at radius 2 is 2.03 bits per heavy atom. The Hall–Kier alpha value is -2.19. The van der Waals surface area contributed by atoms with Crippen LogP contribution < -0.4 is 14.5 Å². The minimum absolute atomic E-state index is 0.251. The van der Waals surface area contributed by atoms with Crippen molar-refractivity contribution in [3.8, 4) is 5.75 Å². The zero-order valence-corrected chi connectivity index (χ0v) is 17.6. The maximum Gasteiger partial charge on any atom is 0.209 e. The highest BCUT2D eigenvalue weighted by atomic mass is 16.5. The summed E-state index contributed by atoms with van der Waals surface area (Å²) in [5, 5.41) is 12.8. The molecule has 0 unspecified atom stereocenters. The van der Waals surface area contributed by atoms with Crippen molar-refractivity contribution in [2.45, 2.75) is 51.3 Å². The van der Waals surface area contributed by atoms with Crippen LogP contribution in [0.15, 0.2) is 24.3 Å². The number of quaternary nitrogens is 1. The van der Waals surface area contributed by atoms with E-state index < -0.39 is 0 Å². The molecule has 3 heterocycles. The molecule has 158 valence electrons. The molecule has 1 N–H and O–H groups in total. The number of hydrogen-bond acceptors (Lipinski definition) is 6. The maximum atomic E-state index is 5.81. The predicted molar refractivity (Wildman–Crippen MR) is 110 cm³/mol. The van der Waals surface area contributed by atoms with Gasteiger partial charge in [-0.1, -0.05) is 13.3 Å². The van der Waals surface area contributed by atoms with Gasteiger partial charge in [-0.15, -0.1) is 5.10 Å². The van der Waals surface area contributed by atoms with E-state index in [1.54, 1.807) is 12.0 Å². The van der Waals surface area contributed by atoms with Crippen LogP contribution in [-0.4, -0.2) is 66.2 Å². The summed E-state index contributed by atoms with van der Waals surface area (Å²) in [4.78, 5) is 4.04. The fourth-order valence-corrected chi connectivity index (χ4v) is 4.57. The number of rotatable bonds is 8. The zero-order chi connectivity index (χ0) is 20.1. The van der Waals surface area contributed by atoms with Gasteiger partial charge in [0.2, 0.25) is 5.82 Å². The number of ether oxygens (including phenoxy) is 2. The summed E-state index contributed by atoms with van der Waals surface area (Å²) < 4.78 is 13.1. The van der Waals surface area contributed by atoms with E-state index in [2.05, 4.69) is 39.5 Å². The lowest BCUT2D eigenvalue weighted by atomic mass is 10.1. The molecule has 0 spiro atoms. The van der Waals surface area contributed by atoms with Gasteiger partial charge in [-0.05, 0) is 47.5 Å². The third-order valence-corrected chi connectivity index (χ3v) is 6.19. The molecule has 8 heteroatoms. The number of benzene rings is 1. The highest BCUT2D eigenvalue weighted by molar-refractivity contribution is 5.49. The van der Waals surface area contributed by atoms with Crippen LogP contribution in [0, 0.1) is 0 Å². The summed E-state index contributed by atoms with van der Waals surface area (Å²) in [5.41, 5.74) is 1.26. The number of piperazine rings is 1. The largest absolute Gasteiger partial charge is 0.497 e. The number of tetrazole rings is 1. The van der Waals surface area contributed by atoms with Crippen LogP contribution >= 0.6 is 0 Å². The average Bonchev–Trinajstić information content (AvgIpc) is 3.45. The summed E-state index contributed by atoms with van der Waals surface area (Å²) in [6.45, 7) is 8.12. The third kappa shape index (κ3) is 4.70. The zero-order valence-electron chi connectivity index (χ0n) is 17.6. The summed E-state index contributed by atoms with van der Waals surface area (Å²) in [7, 11) is 1.71. The first-order valence-corrected chi connectivity index (χ1v) is 10.9. The van der Waals surface area contributed by atoms with Crippen LogP contribution in [0.5, 0.6) is 5.75 Å². The van der Waals surface area contributed by atoms with E-state index in [0.717, 1.165) is 76.6 Å². The van der Waals surface area contributed by atoms with E-state index in [9.17, 15) is 0 Å². The first-order valence-electron chi connectivity index (χ1n) is 10.9. The number of anilines is 1. The molecule has 0 saturated carbocycles. The highest BCUT2D eigenvalue weighted by Crippen LogP contribution is 2.20. The molecule has 8 nitrogen and oxygen atoms in total. The molecule has 0 aliphatic carbocycles. The summed E-state index contributed by atoms with van der Waals surface area (Å²) >= 11 is 0. The fourth-order valence-electron chi connectivity index (χ4n) is 4.57. The summed E-state index contributed by atoms with van der Waals surface area (Å²) in [6, 6.07) is 8.71. The molecule has 0 radical (unpaired) electrons. The molecule has 2 aliphatic rings. The molecule has 1 aromatic heterocycles. The first-order chi connectivity index (χ1) is 14.3. The minimum Gasteiger partial charge on any atom is -0.497 e. The van der Waals surface area contributed by atoms with Gasteiger partial charge >= 0.3 is 0 Å². The van der Waals surface area contributed by atoms with Gasteiger partial charge in [-0.2, -0.15) is 0 Å². The lowest BCUT2D eigenvalue weighted by molar-refractivity contribution is -0.933. The van der Waals surface area contributed by atoms with Crippen molar-refractivity contribution < 1.29 is 14.4 Å². The summed E-state index contributed by atoms with van der Waals surface area (Å²) in [5.74, 6) is 1.93. The Labute approximate surface area is 172 Å². The number of nitrogens with one attached hydrogen (secondary N) is 1. The van der Waals surface area contributed by atoms with E-state index in [1.807, 2.05) is 16.8 Å². The molecule has 4 rings (SSSR count). The average molecular weight is 402 g/mol. The smallest absolute Gasteiger partial charge is 0.209 e. The van der Waals surface area contributed by atoms with E-state index >= 15 is 0 Å². The van der Waals surface area contributed by atoms with E-state index in [1.165, 1.54) is 5.69 Å². The van der Waals surface area contributed by atoms with Crippen LogP contribution in [0.3, 0.4) is 0 Å². The molecular formula is C21H33N6O2+. The third-order valence-electron chi connectivity index (χ3n) is 6.19. The molecule has 2 saturated heterocycles. The summed E-state index contributed by atoms with van der Waals surface area (Å²) in [6.07, 6.45) is 4.72. The molecule has 0 amide bonds. The molecule has 1 aromatic carbocycles. The first kappa shape index (κ1) is 20.1. The second-order valence-corrected chi connectivity index (χ2v) is 8.04. The van der Waals surface area contributed by atoms with Crippen molar-refractivity contribution >= 4 is 5.69 Å². The fraction of sp³-hybridized carbons (Fsp3) is 0.667. The molecule has 2 aromatic rings. The van der Waals surface area contributed by atoms with Crippen molar-refractivity contribution in [1.29, 1.82) is 0 Å². The van der Waals surface area contributed by atoms with Gasteiger partial charge in [0, 0.05) is 18.7 Å². The van der Waals surface area contributed by atoms with Crippen LogP contribution in [0.25, 0.3) is 0 Å². The molecule has 0 bridgehead atoms. The number of methoxy groups -OCH3 is 1. The lowest BCUT2D eigenvalue weighted by Gasteiger charge is -2.37. The van der Waals surface area contributed by atoms with E-state index in [0.29, 0.717) is 6.04 Å². The van der Waals surface area contributed by atoms with Gasteiger partial charge in [0.25, 0.3) is 0 Å². The number of nitrogens with zero attached hydrogens (tertiary/aromatic N) is 5. The second-order valence-electron chi connectivity index (χ2n) is 8.04. The number of aromatic nitrogens is 4. The molecule has 2 fully saturated rings. The van der Waals surface area contributed by atoms with Crippen LogP contribution in [0.4, 0.5) is 5.69 Å². The Morgan fingerprint density at radius 1 is 1.24 bits per heavy atom. The maximum absolute atomic E-state index is 5.81. The van der Waals surface area contributed by atoms with Gasteiger partial charge in [-0.25, -0.2) is 4.68 Å². The second kappa shape index (κ2) is 9.54. The van der Waals surface area contributed by atoms with Crippen molar-refractivity contribution in [2.24, 2.45) is 0 Å². The Kier molecular flexibility index (Phi) is 6.61. The van der Waals surface area contributed by atoms with E-state index in [-0.39, 0.29) is 6.10 Å². The van der Waals surface area contributed by atoms with Gasteiger partial charge in [0.1, 0.15) is 11.8 Å². The lowest BCUT2D eigenvalue weighted by Crippen LogP contribution is -3.15. The predicted octanol–water partition coefficient (Wildman–Crippen LogP) is 1.11. The Bertz CT molecular complexity index is 751. The van der Waals surface area contributed by atoms with E-state index in [4.69, 9.17) is 9.47 Å². The van der Waals surface area contributed by atoms with Crippen molar-refractivity contribution in [3.63, 3.8) is 0 Å². The number of hydrogen-bond donors (Lipinski definition) is 1. The van der Waals surface area contributed by atoms with Crippen molar-refractivity contribution in [2.75, 3.05) is 44.8 Å². The minimum atomic E-state index is 0.251. The van der Waals surface area contributed by atoms with Gasteiger partial charge in [0.15, 0.2) is 0 Å². The van der Waals surface area contributed by atoms with Crippen LogP contribution in [0.1, 0.15) is 44.5 Å². The SMILES string of the molecule is CCC[C@H](c1nnnn1C[C@@H]1CCCO1)[NH+]1CCN(c2ccc(OC)cc2)CC1. The Morgan fingerprint density at radius 3 is 2.69 bits per heavy atom. The van der Waals surface area contributed by atoms with Crippen LogP contribution in [0.2, 0.25) is 0 Å². The van der Waals surface area contributed by atoms with Gasteiger partial charge < -0.3 is 19.3 Å². The standard InChI is InChI=1S/C21H32N6O2/c1-3-5-20(21-22-23-24-27(21)16-19-6-4-15-29-19)26-13-11-25(12-14-26)17-7-9-18(28-2)10-8-17/h7-10,19-20H,3-6,11-16H2,1-2H3/p+1/t19-,20+/m0/s1. The monoisotopic (exact) mass is 401 g/mol. The molecule has 29 heavy (non-hydrogen) atoms. The molecule has 2 atom stereocenters. The topological polar surface area (TPSA) is 69.7 Å². The van der Waals surface area contributed by atoms with Gasteiger partial charge in [0.05, 0.1) is 45.9 Å². The van der Waals surface area contributed by atoms with Crippen molar-refractivity contribution in [3.05, 3.63) is 30.1 Å². The van der Waals surface area contributed by atoms with Crippen LogP contribution in [-0.2, 0) is 11.3 Å². The van der Waals surface area contributed by atoms with Crippen molar-refractivity contribution in [1.82, 2.24) is 20.2 Å². The molecule has 2 aliphatic heterocycles.